The Labute approximate surface area is 94.1 Å². The summed E-state index contributed by atoms with van der Waals surface area (Å²) in [4.78, 5) is 11.4. The van der Waals surface area contributed by atoms with E-state index in [1.807, 2.05) is 6.92 Å². The monoisotopic (exact) mass is 214 g/mol. The lowest BCUT2D eigenvalue weighted by atomic mass is 9.73. The summed E-state index contributed by atoms with van der Waals surface area (Å²) in [6, 6.07) is 0. The van der Waals surface area contributed by atoms with Crippen LogP contribution in [0.5, 0.6) is 0 Å². The Balaban J connectivity index is 4.57. The van der Waals surface area contributed by atoms with Gasteiger partial charge in [0.1, 0.15) is 0 Å². The van der Waals surface area contributed by atoms with Crippen molar-refractivity contribution in [2.75, 3.05) is 0 Å². The van der Waals surface area contributed by atoms with Gasteiger partial charge in [0.15, 0.2) is 0 Å². The fourth-order valence-electron chi connectivity index (χ4n) is 2.10. The summed E-state index contributed by atoms with van der Waals surface area (Å²) in [5, 5.41) is 9.39. The van der Waals surface area contributed by atoms with Gasteiger partial charge in [-0.1, -0.05) is 47.0 Å². The smallest absolute Gasteiger partial charge is 0.309 e. The summed E-state index contributed by atoms with van der Waals surface area (Å²) in [7, 11) is 0. The molecule has 0 radical (unpaired) electrons. The number of rotatable bonds is 8. The fourth-order valence-corrected chi connectivity index (χ4v) is 2.10. The van der Waals surface area contributed by atoms with Crippen LogP contribution in [-0.4, -0.2) is 11.1 Å². The van der Waals surface area contributed by atoms with Gasteiger partial charge in [0.05, 0.1) is 5.41 Å². The van der Waals surface area contributed by atoms with Crippen LogP contribution in [0.2, 0.25) is 0 Å². The largest absolute Gasteiger partial charge is 0.481 e. The third-order valence-corrected chi connectivity index (χ3v) is 3.58. The van der Waals surface area contributed by atoms with Crippen LogP contribution in [0.1, 0.15) is 66.2 Å². The first-order valence-electron chi connectivity index (χ1n) is 6.25. The minimum Gasteiger partial charge on any atom is -0.481 e. The minimum absolute atomic E-state index is 0.467. The first-order valence-corrected chi connectivity index (χ1v) is 6.25. The van der Waals surface area contributed by atoms with E-state index in [0.29, 0.717) is 5.92 Å². The van der Waals surface area contributed by atoms with Crippen molar-refractivity contribution in [3.05, 3.63) is 0 Å². The lowest BCUT2D eigenvalue weighted by Gasteiger charge is -2.30. The molecule has 0 bridgehead atoms. The molecular weight excluding hydrogens is 188 g/mol. The second-order valence-electron chi connectivity index (χ2n) is 4.76. The molecule has 15 heavy (non-hydrogen) atoms. The minimum atomic E-state index is -0.598. The van der Waals surface area contributed by atoms with Gasteiger partial charge in [0.25, 0.3) is 0 Å². The van der Waals surface area contributed by atoms with E-state index in [-0.39, 0.29) is 0 Å². The van der Waals surface area contributed by atoms with Gasteiger partial charge in [-0.25, -0.2) is 0 Å². The predicted octanol–water partition coefficient (Wildman–Crippen LogP) is 4.09. The molecule has 0 aliphatic carbocycles. The summed E-state index contributed by atoms with van der Waals surface area (Å²) >= 11 is 0. The highest BCUT2D eigenvalue weighted by Crippen LogP contribution is 2.37. The van der Waals surface area contributed by atoms with Gasteiger partial charge in [0.2, 0.25) is 0 Å². The molecule has 2 atom stereocenters. The molecule has 0 aliphatic heterocycles. The zero-order valence-electron chi connectivity index (χ0n) is 10.7. The Bertz CT molecular complexity index is 189. The molecule has 0 rings (SSSR count). The Kier molecular flexibility index (Phi) is 6.62. The number of hydrogen-bond acceptors (Lipinski definition) is 1. The molecule has 0 amide bonds. The van der Waals surface area contributed by atoms with Crippen molar-refractivity contribution in [2.24, 2.45) is 11.3 Å². The predicted molar refractivity (Wildman–Crippen MR) is 64.0 cm³/mol. The number of carbonyl (C=O) groups is 1. The van der Waals surface area contributed by atoms with Gasteiger partial charge < -0.3 is 5.11 Å². The molecule has 0 saturated heterocycles. The molecule has 0 saturated carbocycles. The van der Waals surface area contributed by atoms with Crippen LogP contribution in [0, 0.1) is 11.3 Å². The third kappa shape index (κ3) is 4.23. The quantitative estimate of drug-likeness (QED) is 0.660. The Morgan fingerprint density at radius 3 is 2.27 bits per heavy atom. The van der Waals surface area contributed by atoms with Crippen molar-refractivity contribution in [2.45, 2.75) is 66.2 Å². The summed E-state index contributed by atoms with van der Waals surface area (Å²) in [6.45, 7) is 8.41. The Hall–Kier alpha value is -0.530. The average molecular weight is 214 g/mol. The first kappa shape index (κ1) is 14.5. The van der Waals surface area contributed by atoms with E-state index in [0.717, 1.165) is 38.5 Å². The average Bonchev–Trinajstić information content (AvgIpc) is 2.23. The summed E-state index contributed by atoms with van der Waals surface area (Å²) in [5.41, 5.74) is -0.467. The highest BCUT2D eigenvalue weighted by molar-refractivity contribution is 5.74. The molecule has 90 valence electrons. The van der Waals surface area contributed by atoms with Crippen LogP contribution in [0.4, 0.5) is 0 Å². The topological polar surface area (TPSA) is 37.3 Å². The highest BCUT2D eigenvalue weighted by atomic mass is 16.4. The molecule has 0 heterocycles. The molecule has 0 aromatic heterocycles. The SMILES string of the molecule is CCCCC(CC)(CC(C)CC)C(=O)O. The summed E-state index contributed by atoms with van der Waals surface area (Å²) < 4.78 is 0. The van der Waals surface area contributed by atoms with Gasteiger partial charge in [-0.05, 0) is 25.2 Å². The van der Waals surface area contributed by atoms with Gasteiger partial charge in [-0.3, -0.25) is 4.79 Å². The maximum absolute atomic E-state index is 11.4. The lowest BCUT2D eigenvalue weighted by molar-refractivity contribution is -0.151. The maximum Gasteiger partial charge on any atom is 0.309 e. The van der Waals surface area contributed by atoms with Gasteiger partial charge in [-0.15, -0.1) is 0 Å². The Morgan fingerprint density at radius 1 is 1.33 bits per heavy atom. The second-order valence-corrected chi connectivity index (χ2v) is 4.76. The van der Waals surface area contributed by atoms with Gasteiger partial charge >= 0.3 is 5.97 Å². The van der Waals surface area contributed by atoms with E-state index in [2.05, 4.69) is 20.8 Å². The van der Waals surface area contributed by atoms with Crippen molar-refractivity contribution >= 4 is 5.97 Å². The molecule has 1 N–H and O–H groups in total. The van der Waals surface area contributed by atoms with Crippen LogP contribution >= 0.6 is 0 Å². The number of aliphatic carboxylic acids is 1. The van der Waals surface area contributed by atoms with Crippen molar-refractivity contribution in [3.63, 3.8) is 0 Å². The van der Waals surface area contributed by atoms with Crippen LogP contribution in [0.3, 0.4) is 0 Å². The maximum atomic E-state index is 11.4. The Morgan fingerprint density at radius 2 is 1.93 bits per heavy atom. The third-order valence-electron chi connectivity index (χ3n) is 3.58. The standard InChI is InChI=1S/C13H26O2/c1-5-8-9-13(7-3,12(14)15)10-11(4)6-2/h11H,5-10H2,1-4H3,(H,14,15). The summed E-state index contributed by atoms with van der Waals surface area (Å²) in [5.74, 6) is -0.0864. The van der Waals surface area contributed by atoms with Crippen LogP contribution in [0.25, 0.3) is 0 Å². The van der Waals surface area contributed by atoms with Crippen molar-refractivity contribution in [3.8, 4) is 0 Å². The van der Waals surface area contributed by atoms with Crippen LogP contribution in [-0.2, 0) is 4.79 Å². The number of carboxylic acid groups (broad SMARTS) is 1. The van der Waals surface area contributed by atoms with E-state index in [4.69, 9.17) is 0 Å². The van der Waals surface area contributed by atoms with Gasteiger partial charge in [-0.2, -0.15) is 0 Å². The zero-order chi connectivity index (χ0) is 11.9. The summed E-state index contributed by atoms with van der Waals surface area (Å²) in [6.07, 6.45) is 5.59. The van der Waals surface area contributed by atoms with E-state index < -0.39 is 11.4 Å². The van der Waals surface area contributed by atoms with Crippen LogP contribution in [0.15, 0.2) is 0 Å². The number of hydrogen-bond donors (Lipinski definition) is 1. The number of unbranched alkanes of at least 4 members (excludes halogenated alkanes) is 1. The molecule has 0 aliphatic rings. The van der Waals surface area contributed by atoms with E-state index in [1.54, 1.807) is 0 Å². The molecule has 2 unspecified atom stereocenters. The normalized spacial score (nSPS) is 17.1. The molecule has 0 fully saturated rings. The van der Waals surface area contributed by atoms with E-state index >= 15 is 0 Å². The van der Waals surface area contributed by atoms with Crippen molar-refractivity contribution < 1.29 is 9.90 Å². The number of carboxylic acids is 1. The van der Waals surface area contributed by atoms with Crippen LogP contribution < -0.4 is 0 Å². The zero-order valence-corrected chi connectivity index (χ0v) is 10.7. The van der Waals surface area contributed by atoms with E-state index in [1.165, 1.54) is 0 Å². The van der Waals surface area contributed by atoms with E-state index in [9.17, 15) is 9.90 Å². The van der Waals surface area contributed by atoms with Crippen molar-refractivity contribution in [1.82, 2.24) is 0 Å². The molecule has 0 spiro atoms. The molecule has 2 nitrogen and oxygen atoms in total. The first-order chi connectivity index (χ1) is 7.02. The highest BCUT2D eigenvalue weighted by Gasteiger charge is 2.36. The lowest BCUT2D eigenvalue weighted by Crippen LogP contribution is -2.32. The fraction of sp³-hybridized carbons (Fsp3) is 0.923. The molecule has 0 aromatic carbocycles. The molecule has 0 aromatic rings. The van der Waals surface area contributed by atoms with Gasteiger partial charge in [0, 0.05) is 0 Å². The van der Waals surface area contributed by atoms with Crippen molar-refractivity contribution in [1.29, 1.82) is 0 Å². The molecular formula is C13H26O2. The second kappa shape index (κ2) is 6.86. The molecule has 2 heteroatoms.